The number of rotatable bonds is 9. The number of carbonyl (C=O) groups is 2. The van der Waals surface area contributed by atoms with Crippen LogP contribution < -0.4 is 5.01 Å². The van der Waals surface area contributed by atoms with Crippen LogP contribution in [-0.2, 0) is 19.1 Å². The first-order chi connectivity index (χ1) is 11.9. The number of ether oxygens (including phenoxy) is 2. The van der Waals surface area contributed by atoms with Gasteiger partial charge < -0.3 is 9.47 Å². The second kappa shape index (κ2) is 9.96. The maximum absolute atomic E-state index is 12.0. The molecule has 0 fully saturated rings. The Hall–Kier alpha value is -3.04. The zero-order valence-corrected chi connectivity index (χ0v) is 14.3. The van der Waals surface area contributed by atoms with E-state index in [9.17, 15) is 19.7 Å². The van der Waals surface area contributed by atoms with Gasteiger partial charge in [0, 0.05) is 25.7 Å². The molecule has 1 rings (SSSR count). The number of esters is 2. The average molecular weight is 352 g/mol. The summed E-state index contributed by atoms with van der Waals surface area (Å²) in [6.07, 6.45) is 1.28. The molecule has 0 aliphatic heterocycles. The molecule has 1 aromatic rings. The molecule has 0 radical (unpaired) electrons. The van der Waals surface area contributed by atoms with E-state index in [1.54, 1.807) is 13.8 Å². The standard InChI is InChI=1S/C15H20N4O6/c1-4-24-13(20)9-8-11(15(21)25-5-2)17-18(3)14-12(19(22)23)7-6-10-16-14/h6-7,10H,4-5,8-9H2,1-3H3/b17-11-. The smallest absolute Gasteiger partial charge is 0.354 e. The molecule has 0 amide bonds. The first kappa shape index (κ1) is 20.0. The van der Waals surface area contributed by atoms with Crippen molar-refractivity contribution in [1.82, 2.24) is 4.98 Å². The third-order valence-electron chi connectivity index (χ3n) is 2.92. The quantitative estimate of drug-likeness (QED) is 0.284. The van der Waals surface area contributed by atoms with Gasteiger partial charge in [0.25, 0.3) is 0 Å². The van der Waals surface area contributed by atoms with E-state index in [0.717, 1.165) is 5.01 Å². The van der Waals surface area contributed by atoms with Crippen LogP contribution in [0.15, 0.2) is 23.4 Å². The lowest BCUT2D eigenvalue weighted by atomic mass is 10.2. The highest BCUT2D eigenvalue weighted by atomic mass is 16.6. The number of hydrazone groups is 1. The molecule has 136 valence electrons. The van der Waals surface area contributed by atoms with Crippen molar-refractivity contribution in [3.8, 4) is 0 Å². The summed E-state index contributed by atoms with van der Waals surface area (Å²) in [6.45, 7) is 3.66. The molecule has 0 aliphatic carbocycles. The summed E-state index contributed by atoms with van der Waals surface area (Å²) in [5.74, 6) is -1.23. The van der Waals surface area contributed by atoms with Gasteiger partial charge in [-0.25, -0.2) is 14.8 Å². The van der Waals surface area contributed by atoms with E-state index in [1.165, 1.54) is 25.4 Å². The van der Waals surface area contributed by atoms with Gasteiger partial charge in [-0.3, -0.25) is 14.9 Å². The fraction of sp³-hybridized carbons (Fsp3) is 0.467. The summed E-state index contributed by atoms with van der Waals surface area (Å²) in [4.78, 5) is 37.9. The van der Waals surface area contributed by atoms with E-state index >= 15 is 0 Å². The van der Waals surface area contributed by atoms with E-state index in [1.807, 2.05) is 0 Å². The number of hydrogen-bond donors (Lipinski definition) is 0. The molecule has 25 heavy (non-hydrogen) atoms. The summed E-state index contributed by atoms with van der Waals surface area (Å²) in [6, 6.07) is 2.70. The van der Waals surface area contributed by atoms with E-state index in [0.29, 0.717) is 0 Å². The van der Waals surface area contributed by atoms with Gasteiger partial charge in [-0.15, -0.1) is 0 Å². The van der Waals surface area contributed by atoms with E-state index in [-0.39, 0.29) is 43.3 Å². The highest BCUT2D eigenvalue weighted by molar-refractivity contribution is 6.36. The van der Waals surface area contributed by atoms with Crippen molar-refractivity contribution in [2.24, 2.45) is 5.10 Å². The number of carbonyl (C=O) groups excluding carboxylic acids is 2. The SMILES string of the molecule is CCOC(=O)CC/C(=N/N(C)c1ncccc1[N+](=O)[O-])C(=O)OCC. The summed E-state index contributed by atoms with van der Waals surface area (Å²) in [7, 11) is 1.42. The van der Waals surface area contributed by atoms with Gasteiger partial charge in [0.05, 0.1) is 24.6 Å². The Kier molecular flexibility index (Phi) is 7.97. The predicted octanol–water partition coefficient (Wildman–Crippen LogP) is 1.69. The van der Waals surface area contributed by atoms with Gasteiger partial charge in [-0.1, -0.05) is 0 Å². The molecule has 0 unspecified atom stereocenters. The first-order valence-electron chi connectivity index (χ1n) is 7.64. The van der Waals surface area contributed by atoms with Gasteiger partial charge in [0.2, 0.25) is 5.82 Å². The van der Waals surface area contributed by atoms with Crippen molar-refractivity contribution in [2.45, 2.75) is 26.7 Å². The van der Waals surface area contributed by atoms with Crippen molar-refractivity contribution in [3.63, 3.8) is 0 Å². The topological polar surface area (TPSA) is 124 Å². The van der Waals surface area contributed by atoms with Crippen LogP contribution in [-0.4, -0.2) is 47.8 Å². The average Bonchev–Trinajstić information content (AvgIpc) is 2.58. The monoisotopic (exact) mass is 352 g/mol. The molecule has 1 heterocycles. The highest BCUT2D eigenvalue weighted by Gasteiger charge is 2.21. The van der Waals surface area contributed by atoms with E-state index < -0.39 is 16.9 Å². The fourth-order valence-corrected chi connectivity index (χ4v) is 1.87. The van der Waals surface area contributed by atoms with Crippen LogP contribution in [0.3, 0.4) is 0 Å². The van der Waals surface area contributed by atoms with Crippen LogP contribution in [0.2, 0.25) is 0 Å². The maximum atomic E-state index is 12.0. The zero-order valence-electron chi connectivity index (χ0n) is 14.3. The lowest BCUT2D eigenvalue weighted by molar-refractivity contribution is -0.384. The molecule has 0 saturated carbocycles. The van der Waals surface area contributed by atoms with Gasteiger partial charge in [0.1, 0.15) is 5.71 Å². The minimum absolute atomic E-state index is 0.0252. The molecular formula is C15H20N4O6. The van der Waals surface area contributed by atoms with Crippen LogP contribution in [0.4, 0.5) is 11.5 Å². The van der Waals surface area contributed by atoms with Gasteiger partial charge >= 0.3 is 17.6 Å². The van der Waals surface area contributed by atoms with Crippen molar-refractivity contribution in [1.29, 1.82) is 0 Å². The molecular weight excluding hydrogens is 332 g/mol. The van der Waals surface area contributed by atoms with Crippen LogP contribution in [0.1, 0.15) is 26.7 Å². The number of nitro groups is 1. The van der Waals surface area contributed by atoms with Crippen LogP contribution in [0, 0.1) is 10.1 Å². The predicted molar refractivity (Wildman–Crippen MR) is 89.2 cm³/mol. The van der Waals surface area contributed by atoms with E-state index in [4.69, 9.17) is 9.47 Å². The molecule has 1 aromatic heterocycles. The van der Waals surface area contributed by atoms with Crippen LogP contribution >= 0.6 is 0 Å². The third kappa shape index (κ3) is 6.16. The number of pyridine rings is 1. The Morgan fingerprint density at radius 1 is 1.28 bits per heavy atom. The minimum Gasteiger partial charge on any atom is -0.466 e. The van der Waals surface area contributed by atoms with Crippen molar-refractivity contribution in [3.05, 3.63) is 28.4 Å². The Bertz CT molecular complexity index is 661. The summed E-state index contributed by atoms with van der Waals surface area (Å²) >= 11 is 0. The number of nitrogens with zero attached hydrogens (tertiary/aromatic N) is 4. The van der Waals surface area contributed by atoms with Crippen LogP contribution in [0.25, 0.3) is 0 Å². The molecule has 10 heteroatoms. The van der Waals surface area contributed by atoms with Crippen LogP contribution in [0.5, 0.6) is 0 Å². The van der Waals surface area contributed by atoms with Crippen molar-refractivity contribution < 1.29 is 24.0 Å². The first-order valence-corrected chi connectivity index (χ1v) is 7.64. The van der Waals surface area contributed by atoms with Crippen molar-refractivity contribution >= 4 is 29.2 Å². The summed E-state index contributed by atoms with van der Waals surface area (Å²) < 4.78 is 9.72. The third-order valence-corrected chi connectivity index (χ3v) is 2.92. The zero-order chi connectivity index (χ0) is 18.8. The Morgan fingerprint density at radius 2 is 1.96 bits per heavy atom. The van der Waals surface area contributed by atoms with Gasteiger partial charge in [-0.05, 0) is 19.9 Å². The summed E-state index contributed by atoms with van der Waals surface area (Å²) in [5.41, 5.74) is -0.320. The molecule has 10 nitrogen and oxygen atoms in total. The highest BCUT2D eigenvalue weighted by Crippen LogP contribution is 2.24. The molecule has 0 spiro atoms. The summed E-state index contributed by atoms with van der Waals surface area (Å²) in [5, 5.41) is 16.2. The number of aromatic nitrogens is 1. The van der Waals surface area contributed by atoms with Gasteiger partial charge in [0.15, 0.2) is 0 Å². The lowest BCUT2D eigenvalue weighted by Crippen LogP contribution is -2.24. The number of hydrogen-bond acceptors (Lipinski definition) is 9. The fourth-order valence-electron chi connectivity index (χ4n) is 1.87. The second-order valence-electron chi connectivity index (χ2n) is 4.70. The molecule has 0 aliphatic rings. The molecule has 0 aromatic carbocycles. The normalized spacial score (nSPS) is 10.9. The van der Waals surface area contributed by atoms with Crippen molar-refractivity contribution in [2.75, 3.05) is 25.3 Å². The molecule has 0 bridgehead atoms. The molecule has 0 N–H and O–H groups in total. The molecule has 0 atom stereocenters. The molecule has 0 saturated heterocycles. The Balaban J connectivity index is 3.05. The van der Waals surface area contributed by atoms with E-state index in [2.05, 4.69) is 10.1 Å². The lowest BCUT2D eigenvalue weighted by Gasteiger charge is -2.14. The Labute approximate surface area is 144 Å². The maximum Gasteiger partial charge on any atom is 0.354 e. The van der Waals surface area contributed by atoms with Gasteiger partial charge in [-0.2, -0.15) is 5.10 Å². The number of anilines is 1. The minimum atomic E-state index is -0.711. The second-order valence-corrected chi connectivity index (χ2v) is 4.70. The largest absolute Gasteiger partial charge is 0.466 e. The Morgan fingerprint density at radius 3 is 2.56 bits per heavy atom.